The molecular formula is C18H21N7OS. The molecule has 0 saturated carbocycles. The lowest BCUT2D eigenvalue weighted by atomic mass is 10.2. The third-order valence-electron chi connectivity index (χ3n) is 4.63. The van der Waals surface area contributed by atoms with Crippen molar-refractivity contribution in [1.82, 2.24) is 29.0 Å². The van der Waals surface area contributed by atoms with Crippen LogP contribution >= 0.6 is 11.5 Å². The van der Waals surface area contributed by atoms with Gasteiger partial charge in [-0.2, -0.15) is 9.47 Å². The predicted molar refractivity (Wildman–Crippen MR) is 105 cm³/mol. The fraction of sp³-hybridized carbons (Fsp3) is 0.389. The summed E-state index contributed by atoms with van der Waals surface area (Å²) in [6.07, 6.45) is 3.46. The Morgan fingerprint density at radius 3 is 2.52 bits per heavy atom. The maximum Gasteiger partial charge on any atom is 0.266 e. The predicted octanol–water partition coefficient (Wildman–Crippen LogP) is 1.29. The van der Waals surface area contributed by atoms with E-state index < -0.39 is 0 Å². The summed E-state index contributed by atoms with van der Waals surface area (Å²) in [5.74, 6) is 0.831. The minimum absolute atomic E-state index is 0.0734. The van der Waals surface area contributed by atoms with E-state index in [0.717, 1.165) is 54.9 Å². The lowest BCUT2D eigenvalue weighted by Crippen LogP contribution is -2.47. The van der Waals surface area contributed by atoms with Gasteiger partial charge in [-0.3, -0.25) is 14.7 Å². The molecule has 0 atom stereocenters. The Bertz CT molecular complexity index is 948. The molecule has 9 heteroatoms. The van der Waals surface area contributed by atoms with Crippen LogP contribution in [0.1, 0.15) is 5.82 Å². The standard InChI is InChI=1S/C18H21N7OS/c1-14-20-18(27-22-14)24-11-8-23(9-12-24)10-13-25-17(26)3-2-16(21-25)15-4-6-19-7-5-15/h2-7H,8-13H2,1H3. The second-order valence-corrected chi connectivity index (χ2v) is 7.20. The van der Waals surface area contributed by atoms with Gasteiger partial charge in [0.1, 0.15) is 5.82 Å². The summed E-state index contributed by atoms with van der Waals surface area (Å²) < 4.78 is 5.81. The van der Waals surface area contributed by atoms with Crippen LogP contribution in [0.2, 0.25) is 0 Å². The molecule has 1 aliphatic rings. The molecule has 0 unspecified atom stereocenters. The van der Waals surface area contributed by atoms with Crippen LogP contribution in [-0.2, 0) is 6.54 Å². The molecule has 0 radical (unpaired) electrons. The number of hydrogen-bond donors (Lipinski definition) is 0. The molecule has 4 rings (SSSR count). The minimum Gasteiger partial charge on any atom is -0.344 e. The highest BCUT2D eigenvalue weighted by Crippen LogP contribution is 2.18. The first-order valence-electron chi connectivity index (χ1n) is 8.95. The molecule has 1 aliphatic heterocycles. The molecule has 8 nitrogen and oxygen atoms in total. The number of anilines is 1. The van der Waals surface area contributed by atoms with Crippen molar-refractivity contribution in [2.75, 3.05) is 37.6 Å². The molecule has 0 aliphatic carbocycles. The zero-order chi connectivity index (χ0) is 18.6. The van der Waals surface area contributed by atoms with E-state index in [1.54, 1.807) is 29.2 Å². The molecule has 0 N–H and O–H groups in total. The first kappa shape index (κ1) is 17.7. The van der Waals surface area contributed by atoms with Gasteiger partial charge < -0.3 is 4.90 Å². The quantitative estimate of drug-likeness (QED) is 0.657. The minimum atomic E-state index is -0.0734. The summed E-state index contributed by atoms with van der Waals surface area (Å²) in [5, 5.41) is 5.51. The van der Waals surface area contributed by atoms with Crippen LogP contribution in [0.15, 0.2) is 41.5 Å². The lowest BCUT2D eigenvalue weighted by molar-refractivity contribution is 0.243. The molecule has 3 aromatic rings. The summed E-state index contributed by atoms with van der Waals surface area (Å²) in [4.78, 5) is 25.3. The van der Waals surface area contributed by atoms with E-state index in [4.69, 9.17) is 0 Å². The molecule has 1 saturated heterocycles. The zero-order valence-corrected chi connectivity index (χ0v) is 16.0. The van der Waals surface area contributed by atoms with Crippen LogP contribution in [0, 0.1) is 6.92 Å². The highest BCUT2D eigenvalue weighted by Gasteiger charge is 2.19. The molecule has 27 heavy (non-hydrogen) atoms. The fourth-order valence-electron chi connectivity index (χ4n) is 3.10. The Morgan fingerprint density at radius 1 is 1.04 bits per heavy atom. The summed E-state index contributed by atoms with van der Waals surface area (Å²) in [6.45, 7) is 7.03. The van der Waals surface area contributed by atoms with Crippen LogP contribution in [0.3, 0.4) is 0 Å². The number of nitrogens with zero attached hydrogens (tertiary/aromatic N) is 7. The topological polar surface area (TPSA) is 80.0 Å². The van der Waals surface area contributed by atoms with Crippen molar-refractivity contribution in [3.8, 4) is 11.3 Å². The number of hydrogen-bond acceptors (Lipinski definition) is 8. The Kier molecular flexibility index (Phi) is 5.21. The Labute approximate surface area is 161 Å². The van der Waals surface area contributed by atoms with Crippen molar-refractivity contribution in [3.05, 3.63) is 52.8 Å². The SMILES string of the molecule is Cc1nsc(N2CCN(CCn3nc(-c4ccncc4)ccc3=O)CC2)n1. The zero-order valence-electron chi connectivity index (χ0n) is 15.2. The molecule has 0 bridgehead atoms. The number of pyridine rings is 1. The second-order valence-electron chi connectivity index (χ2n) is 6.47. The first-order chi connectivity index (χ1) is 13.2. The van der Waals surface area contributed by atoms with E-state index in [1.807, 2.05) is 19.1 Å². The van der Waals surface area contributed by atoms with Crippen molar-refractivity contribution >= 4 is 16.7 Å². The number of rotatable bonds is 5. The number of piperazine rings is 1. The molecule has 0 spiro atoms. The molecule has 3 aromatic heterocycles. The molecule has 1 fully saturated rings. The molecule has 4 heterocycles. The van der Waals surface area contributed by atoms with Gasteiger partial charge in [0.2, 0.25) is 5.13 Å². The summed E-state index contributed by atoms with van der Waals surface area (Å²) in [5.41, 5.74) is 1.67. The van der Waals surface area contributed by atoms with E-state index in [2.05, 4.69) is 29.2 Å². The maximum absolute atomic E-state index is 12.2. The van der Waals surface area contributed by atoms with Crippen molar-refractivity contribution < 1.29 is 0 Å². The second kappa shape index (κ2) is 7.93. The van der Waals surface area contributed by atoms with Gasteiger partial charge in [0.25, 0.3) is 5.56 Å². The van der Waals surface area contributed by atoms with E-state index in [1.165, 1.54) is 11.5 Å². The van der Waals surface area contributed by atoms with Crippen LogP contribution in [0.25, 0.3) is 11.3 Å². The van der Waals surface area contributed by atoms with Gasteiger partial charge in [-0.05, 0) is 25.1 Å². The van der Waals surface area contributed by atoms with Gasteiger partial charge in [-0.15, -0.1) is 0 Å². The van der Waals surface area contributed by atoms with Gasteiger partial charge in [0, 0.05) is 68.3 Å². The highest BCUT2D eigenvalue weighted by molar-refractivity contribution is 7.09. The Hall–Kier alpha value is -2.65. The average molecular weight is 383 g/mol. The first-order valence-corrected chi connectivity index (χ1v) is 9.72. The van der Waals surface area contributed by atoms with Crippen molar-refractivity contribution in [1.29, 1.82) is 0 Å². The molecular weight excluding hydrogens is 362 g/mol. The van der Waals surface area contributed by atoms with Gasteiger partial charge in [-0.1, -0.05) is 0 Å². The van der Waals surface area contributed by atoms with Crippen LogP contribution in [0.4, 0.5) is 5.13 Å². The monoisotopic (exact) mass is 383 g/mol. The Balaban J connectivity index is 1.36. The van der Waals surface area contributed by atoms with E-state index in [-0.39, 0.29) is 5.56 Å². The maximum atomic E-state index is 12.2. The van der Waals surface area contributed by atoms with E-state index in [9.17, 15) is 4.79 Å². The van der Waals surface area contributed by atoms with E-state index >= 15 is 0 Å². The average Bonchev–Trinajstić information content (AvgIpc) is 3.15. The normalized spacial score (nSPS) is 15.2. The highest BCUT2D eigenvalue weighted by atomic mass is 32.1. The molecule has 140 valence electrons. The van der Waals surface area contributed by atoms with Gasteiger partial charge in [0.05, 0.1) is 12.2 Å². The third kappa shape index (κ3) is 4.20. The van der Waals surface area contributed by atoms with E-state index in [0.29, 0.717) is 6.54 Å². The fourth-order valence-corrected chi connectivity index (χ4v) is 3.82. The number of aromatic nitrogens is 5. The summed E-state index contributed by atoms with van der Waals surface area (Å²) in [6, 6.07) is 7.13. The van der Waals surface area contributed by atoms with Crippen molar-refractivity contribution in [3.63, 3.8) is 0 Å². The van der Waals surface area contributed by atoms with Gasteiger partial charge in [-0.25, -0.2) is 9.67 Å². The molecule has 0 aromatic carbocycles. The smallest absolute Gasteiger partial charge is 0.266 e. The van der Waals surface area contributed by atoms with Gasteiger partial charge >= 0.3 is 0 Å². The lowest BCUT2D eigenvalue weighted by Gasteiger charge is -2.34. The number of aryl methyl sites for hydroxylation is 1. The molecule has 0 amide bonds. The van der Waals surface area contributed by atoms with Crippen LogP contribution < -0.4 is 10.5 Å². The Morgan fingerprint density at radius 2 is 1.81 bits per heavy atom. The summed E-state index contributed by atoms with van der Waals surface area (Å²) >= 11 is 1.46. The third-order valence-corrected chi connectivity index (χ3v) is 5.50. The van der Waals surface area contributed by atoms with Crippen molar-refractivity contribution in [2.24, 2.45) is 0 Å². The van der Waals surface area contributed by atoms with Gasteiger partial charge in [0.15, 0.2) is 0 Å². The van der Waals surface area contributed by atoms with Crippen molar-refractivity contribution in [2.45, 2.75) is 13.5 Å². The van der Waals surface area contributed by atoms with Crippen LogP contribution in [-0.4, -0.2) is 61.7 Å². The largest absolute Gasteiger partial charge is 0.344 e. The summed E-state index contributed by atoms with van der Waals surface area (Å²) in [7, 11) is 0. The van der Waals surface area contributed by atoms with Crippen LogP contribution in [0.5, 0.6) is 0 Å².